The molecule has 2 aromatic rings. The van der Waals surface area contributed by atoms with Crippen molar-refractivity contribution in [2.75, 3.05) is 16.9 Å². The molecule has 0 saturated carbocycles. The summed E-state index contributed by atoms with van der Waals surface area (Å²) in [5, 5.41) is 2.90. The third kappa shape index (κ3) is 4.77. The van der Waals surface area contributed by atoms with Gasteiger partial charge < -0.3 is 10.2 Å². The minimum absolute atomic E-state index is 0.188. The Bertz CT molecular complexity index is 880. The molecule has 1 heterocycles. The van der Waals surface area contributed by atoms with Gasteiger partial charge in [0.1, 0.15) is 11.9 Å². The van der Waals surface area contributed by atoms with Gasteiger partial charge in [-0.3, -0.25) is 9.59 Å². The van der Waals surface area contributed by atoms with Gasteiger partial charge in [-0.05, 0) is 60.9 Å². The Kier molecular flexibility index (Phi) is 5.96. The van der Waals surface area contributed by atoms with Gasteiger partial charge in [0.2, 0.25) is 11.8 Å². The summed E-state index contributed by atoms with van der Waals surface area (Å²) in [4.78, 5) is 26.7. The topological polar surface area (TPSA) is 49.4 Å². The third-order valence-electron chi connectivity index (χ3n) is 4.53. The number of anilines is 1. The van der Waals surface area contributed by atoms with Crippen LogP contribution in [0.3, 0.4) is 0 Å². The first kappa shape index (κ1) is 19.2. The zero-order valence-electron chi connectivity index (χ0n) is 15.2. The highest BCUT2D eigenvalue weighted by atomic mass is 32.2. The van der Waals surface area contributed by atoms with Crippen molar-refractivity contribution in [1.29, 1.82) is 0 Å². The number of hydrogen-bond acceptors (Lipinski definition) is 3. The number of rotatable bonds is 4. The average Bonchev–Trinajstić information content (AvgIpc) is 3.14. The van der Waals surface area contributed by atoms with E-state index in [0.717, 1.165) is 22.4 Å². The molecule has 140 valence electrons. The van der Waals surface area contributed by atoms with Crippen molar-refractivity contribution in [3.05, 3.63) is 71.0 Å². The smallest absolute Gasteiger partial charge is 0.248 e. The zero-order valence-corrected chi connectivity index (χ0v) is 16.1. The van der Waals surface area contributed by atoms with Gasteiger partial charge in [0.05, 0.1) is 5.88 Å². The fraction of sp³-hybridized carbons (Fsp3) is 0.238. The van der Waals surface area contributed by atoms with Crippen LogP contribution >= 0.6 is 11.8 Å². The Morgan fingerprint density at radius 2 is 1.89 bits per heavy atom. The number of hydrogen-bond donors (Lipinski definition) is 1. The molecule has 27 heavy (non-hydrogen) atoms. The SMILES string of the molecule is Cc1ccc(NC(=O)C2CSCN2C(=O)C=Cc2ccc(F)cc2)cc1C. The summed E-state index contributed by atoms with van der Waals surface area (Å²) >= 11 is 1.55. The molecule has 1 atom stereocenters. The number of amides is 2. The molecule has 6 heteroatoms. The molecule has 1 unspecified atom stereocenters. The Morgan fingerprint density at radius 1 is 1.15 bits per heavy atom. The standard InChI is InChI=1S/C21H21FN2O2S/c1-14-3-9-18(11-15(14)2)23-21(26)19-12-27-13-24(19)20(25)10-6-16-4-7-17(22)8-5-16/h3-11,19H,12-13H2,1-2H3,(H,23,26). The minimum Gasteiger partial charge on any atom is -0.324 e. The number of carbonyl (C=O) groups is 2. The molecule has 0 aliphatic carbocycles. The second-order valence-electron chi connectivity index (χ2n) is 6.50. The first-order valence-corrected chi connectivity index (χ1v) is 9.79. The molecule has 1 fully saturated rings. The number of benzene rings is 2. The summed E-state index contributed by atoms with van der Waals surface area (Å²) < 4.78 is 13.0. The van der Waals surface area contributed by atoms with Gasteiger partial charge in [-0.15, -0.1) is 11.8 Å². The Hall–Kier alpha value is -2.60. The number of halogens is 1. The lowest BCUT2D eigenvalue weighted by Gasteiger charge is -2.22. The molecular weight excluding hydrogens is 363 g/mol. The van der Waals surface area contributed by atoms with E-state index in [9.17, 15) is 14.0 Å². The molecule has 1 N–H and O–H groups in total. The normalized spacial score (nSPS) is 16.7. The van der Waals surface area contributed by atoms with Crippen molar-refractivity contribution in [1.82, 2.24) is 4.90 Å². The number of nitrogens with one attached hydrogen (secondary N) is 1. The van der Waals surface area contributed by atoms with Crippen LogP contribution in [0.5, 0.6) is 0 Å². The van der Waals surface area contributed by atoms with Gasteiger partial charge in [-0.2, -0.15) is 0 Å². The Labute approximate surface area is 162 Å². The summed E-state index contributed by atoms with van der Waals surface area (Å²) in [7, 11) is 0. The van der Waals surface area contributed by atoms with E-state index < -0.39 is 6.04 Å². The molecule has 2 amide bonds. The molecule has 1 saturated heterocycles. The Balaban J connectivity index is 1.66. The second kappa shape index (κ2) is 8.39. The van der Waals surface area contributed by atoms with Gasteiger partial charge in [0.15, 0.2) is 0 Å². The van der Waals surface area contributed by atoms with E-state index in [1.165, 1.54) is 18.2 Å². The zero-order chi connectivity index (χ0) is 19.4. The third-order valence-corrected chi connectivity index (χ3v) is 5.54. The molecule has 2 aromatic carbocycles. The first-order chi connectivity index (χ1) is 12.9. The van der Waals surface area contributed by atoms with Crippen LogP contribution < -0.4 is 5.32 Å². The summed E-state index contributed by atoms with van der Waals surface area (Å²) in [6.45, 7) is 4.01. The predicted octanol–water partition coefficient (Wildman–Crippen LogP) is 4.00. The van der Waals surface area contributed by atoms with Gasteiger partial charge in [-0.25, -0.2) is 4.39 Å². The highest BCUT2D eigenvalue weighted by Crippen LogP contribution is 2.23. The van der Waals surface area contributed by atoms with Crippen LogP contribution in [-0.4, -0.2) is 34.4 Å². The van der Waals surface area contributed by atoms with E-state index in [0.29, 0.717) is 11.6 Å². The number of thioether (sulfide) groups is 1. The van der Waals surface area contributed by atoms with E-state index >= 15 is 0 Å². The molecule has 0 bridgehead atoms. The Morgan fingerprint density at radius 3 is 2.59 bits per heavy atom. The van der Waals surface area contributed by atoms with E-state index in [-0.39, 0.29) is 17.6 Å². The molecule has 0 aromatic heterocycles. The van der Waals surface area contributed by atoms with Gasteiger partial charge >= 0.3 is 0 Å². The summed E-state index contributed by atoms with van der Waals surface area (Å²) in [5.41, 5.74) is 3.72. The van der Waals surface area contributed by atoms with Crippen LogP contribution in [0.15, 0.2) is 48.5 Å². The maximum Gasteiger partial charge on any atom is 0.248 e. The fourth-order valence-electron chi connectivity index (χ4n) is 2.76. The molecule has 0 radical (unpaired) electrons. The predicted molar refractivity (Wildman–Crippen MR) is 108 cm³/mol. The van der Waals surface area contributed by atoms with Crippen molar-refractivity contribution in [2.45, 2.75) is 19.9 Å². The largest absolute Gasteiger partial charge is 0.324 e. The van der Waals surface area contributed by atoms with Gasteiger partial charge in [0.25, 0.3) is 0 Å². The fourth-order valence-corrected chi connectivity index (χ4v) is 3.92. The lowest BCUT2D eigenvalue weighted by atomic mass is 10.1. The van der Waals surface area contributed by atoms with E-state index in [4.69, 9.17) is 0 Å². The average molecular weight is 384 g/mol. The van der Waals surface area contributed by atoms with Crippen LogP contribution in [0.25, 0.3) is 6.08 Å². The van der Waals surface area contributed by atoms with Crippen molar-refractivity contribution >= 4 is 35.3 Å². The van der Waals surface area contributed by atoms with Gasteiger partial charge in [-0.1, -0.05) is 18.2 Å². The van der Waals surface area contributed by atoms with Crippen molar-refractivity contribution < 1.29 is 14.0 Å². The van der Waals surface area contributed by atoms with Crippen molar-refractivity contribution in [3.63, 3.8) is 0 Å². The van der Waals surface area contributed by atoms with E-state index in [2.05, 4.69) is 5.32 Å². The monoisotopic (exact) mass is 384 g/mol. The van der Waals surface area contributed by atoms with E-state index in [1.807, 2.05) is 32.0 Å². The highest BCUT2D eigenvalue weighted by molar-refractivity contribution is 7.99. The summed E-state index contributed by atoms with van der Waals surface area (Å²) in [5.74, 6) is 0.290. The van der Waals surface area contributed by atoms with Crippen LogP contribution in [0.4, 0.5) is 10.1 Å². The van der Waals surface area contributed by atoms with Crippen LogP contribution in [-0.2, 0) is 9.59 Å². The minimum atomic E-state index is -0.512. The maximum atomic E-state index is 13.0. The second-order valence-corrected chi connectivity index (χ2v) is 7.50. The molecule has 4 nitrogen and oxygen atoms in total. The lowest BCUT2D eigenvalue weighted by molar-refractivity contribution is -0.132. The summed E-state index contributed by atoms with van der Waals surface area (Å²) in [6, 6.07) is 11.1. The van der Waals surface area contributed by atoms with Gasteiger partial charge in [0, 0.05) is 17.5 Å². The van der Waals surface area contributed by atoms with Crippen molar-refractivity contribution in [2.24, 2.45) is 0 Å². The van der Waals surface area contributed by atoms with Crippen molar-refractivity contribution in [3.8, 4) is 0 Å². The molecule has 1 aliphatic heterocycles. The van der Waals surface area contributed by atoms with Crippen LogP contribution in [0.1, 0.15) is 16.7 Å². The molecular formula is C21H21FN2O2S. The molecule has 1 aliphatic rings. The number of nitrogens with zero attached hydrogens (tertiary/aromatic N) is 1. The quantitative estimate of drug-likeness (QED) is 0.811. The molecule has 0 spiro atoms. The lowest BCUT2D eigenvalue weighted by Crippen LogP contribution is -2.43. The summed E-state index contributed by atoms with van der Waals surface area (Å²) in [6.07, 6.45) is 3.05. The first-order valence-electron chi connectivity index (χ1n) is 8.64. The maximum absolute atomic E-state index is 13.0. The highest BCUT2D eigenvalue weighted by Gasteiger charge is 2.33. The number of aryl methyl sites for hydroxylation is 2. The van der Waals surface area contributed by atoms with E-state index in [1.54, 1.807) is 34.9 Å². The number of carbonyl (C=O) groups excluding carboxylic acids is 2. The van der Waals surface area contributed by atoms with Crippen LogP contribution in [0.2, 0.25) is 0 Å². The van der Waals surface area contributed by atoms with Crippen LogP contribution in [0, 0.1) is 19.7 Å². The molecule has 3 rings (SSSR count).